The van der Waals surface area contributed by atoms with E-state index in [1.807, 2.05) is 25.1 Å². The molecule has 1 rings (SSSR count). The van der Waals surface area contributed by atoms with Crippen LogP contribution in [0.3, 0.4) is 0 Å². The number of rotatable bonds is 7. The molecule has 5 nitrogen and oxygen atoms in total. The smallest absolute Gasteiger partial charge is 0.308 e. The fourth-order valence-corrected chi connectivity index (χ4v) is 1.98. The number of carbonyl (C=O) groups is 2. The van der Waals surface area contributed by atoms with Crippen LogP contribution in [0.25, 0.3) is 0 Å². The van der Waals surface area contributed by atoms with Gasteiger partial charge in [-0.3, -0.25) is 9.59 Å². The van der Waals surface area contributed by atoms with Crippen LogP contribution in [0.1, 0.15) is 32.3 Å². The molecule has 0 aliphatic heterocycles. The Bertz CT molecular complexity index is 457. The van der Waals surface area contributed by atoms with E-state index in [1.165, 1.54) is 0 Å². The van der Waals surface area contributed by atoms with Crippen molar-refractivity contribution < 1.29 is 14.7 Å². The van der Waals surface area contributed by atoms with Gasteiger partial charge in [0.15, 0.2) is 0 Å². The summed E-state index contributed by atoms with van der Waals surface area (Å²) < 4.78 is 0. The molecule has 0 saturated heterocycles. The molecule has 2 atom stereocenters. The van der Waals surface area contributed by atoms with E-state index in [9.17, 15) is 9.59 Å². The summed E-state index contributed by atoms with van der Waals surface area (Å²) in [5, 5.41) is 11.7. The Hall–Kier alpha value is -1.88. The number of hydrogen-bond donors (Lipinski definition) is 3. The molecular formula is C15H22N2O3. The molecule has 2 unspecified atom stereocenters. The van der Waals surface area contributed by atoms with Gasteiger partial charge in [0, 0.05) is 6.54 Å². The second kappa shape index (κ2) is 7.05. The predicted molar refractivity (Wildman–Crippen MR) is 77.0 cm³/mol. The van der Waals surface area contributed by atoms with Crippen LogP contribution in [-0.4, -0.2) is 23.5 Å². The van der Waals surface area contributed by atoms with E-state index in [-0.39, 0.29) is 12.5 Å². The third kappa shape index (κ3) is 4.06. The minimum absolute atomic E-state index is 0.0988. The molecule has 1 aromatic carbocycles. The average molecular weight is 278 g/mol. The Morgan fingerprint density at radius 2 is 1.95 bits per heavy atom. The third-order valence-corrected chi connectivity index (χ3v) is 3.34. The van der Waals surface area contributed by atoms with Gasteiger partial charge in [-0.15, -0.1) is 0 Å². The number of nitrogens with two attached hydrogens (primary N) is 1. The van der Waals surface area contributed by atoms with Crippen LogP contribution in [0.5, 0.6) is 0 Å². The van der Waals surface area contributed by atoms with E-state index in [2.05, 4.69) is 5.32 Å². The van der Waals surface area contributed by atoms with Crippen LogP contribution in [0, 0.1) is 5.92 Å². The van der Waals surface area contributed by atoms with Gasteiger partial charge < -0.3 is 16.2 Å². The molecule has 0 aromatic heterocycles. The van der Waals surface area contributed by atoms with Crippen molar-refractivity contribution in [2.45, 2.75) is 32.2 Å². The van der Waals surface area contributed by atoms with Crippen molar-refractivity contribution in [1.82, 2.24) is 5.32 Å². The van der Waals surface area contributed by atoms with E-state index in [0.717, 1.165) is 6.42 Å². The van der Waals surface area contributed by atoms with E-state index >= 15 is 0 Å². The van der Waals surface area contributed by atoms with Crippen molar-refractivity contribution in [3.63, 3.8) is 0 Å². The summed E-state index contributed by atoms with van der Waals surface area (Å²) in [7, 11) is 0. The van der Waals surface area contributed by atoms with Gasteiger partial charge in [-0.25, -0.2) is 0 Å². The lowest BCUT2D eigenvalue weighted by molar-refractivity contribution is -0.142. The Morgan fingerprint density at radius 3 is 2.45 bits per heavy atom. The highest BCUT2D eigenvalue weighted by atomic mass is 16.4. The molecule has 110 valence electrons. The maximum Gasteiger partial charge on any atom is 0.308 e. The summed E-state index contributed by atoms with van der Waals surface area (Å²) in [6.07, 6.45) is 1.29. The van der Waals surface area contributed by atoms with Crippen molar-refractivity contribution in [2.75, 3.05) is 6.54 Å². The maximum absolute atomic E-state index is 12.2. The van der Waals surface area contributed by atoms with E-state index in [0.29, 0.717) is 12.0 Å². The van der Waals surface area contributed by atoms with Gasteiger partial charge in [-0.1, -0.05) is 43.7 Å². The molecule has 0 heterocycles. The molecule has 0 saturated carbocycles. The molecule has 0 aliphatic carbocycles. The second-order valence-electron chi connectivity index (χ2n) is 5.10. The van der Waals surface area contributed by atoms with Gasteiger partial charge in [-0.05, 0) is 18.9 Å². The van der Waals surface area contributed by atoms with Gasteiger partial charge in [0.25, 0.3) is 0 Å². The van der Waals surface area contributed by atoms with Crippen molar-refractivity contribution in [3.05, 3.63) is 35.9 Å². The Labute approximate surface area is 119 Å². The lowest BCUT2D eigenvalue weighted by Gasteiger charge is -2.25. The summed E-state index contributed by atoms with van der Waals surface area (Å²) >= 11 is 0. The van der Waals surface area contributed by atoms with E-state index < -0.39 is 17.4 Å². The van der Waals surface area contributed by atoms with Gasteiger partial charge >= 0.3 is 5.97 Å². The number of hydrogen-bond acceptors (Lipinski definition) is 3. The van der Waals surface area contributed by atoms with Gasteiger partial charge in [0.05, 0.1) is 5.92 Å². The predicted octanol–water partition coefficient (Wildman–Crippen LogP) is 1.48. The van der Waals surface area contributed by atoms with Crippen LogP contribution >= 0.6 is 0 Å². The molecule has 1 aromatic rings. The van der Waals surface area contributed by atoms with Crippen molar-refractivity contribution >= 4 is 11.9 Å². The lowest BCUT2D eigenvalue weighted by Crippen LogP contribution is -2.50. The number of nitrogens with one attached hydrogen (secondary N) is 1. The molecule has 20 heavy (non-hydrogen) atoms. The van der Waals surface area contributed by atoms with Gasteiger partial charge in [-0.2, -0.15) is 0 Å². The topological polar surface area (TPSA) is 92.4 Å². The SMILES string of the molecule is CCCC(CNC(=O)C(C)(N)c1ccccc1)C(=O)O. The minimum Gasteiger partial charge on any atom is -0.481 e. The van der Waals surface area contributed by atoms with Crippen LogP contribution < -0.4 is 11.1 Å². The van der Waals surface area contributed by atoms with Gasteiger partial charge in [0.1, 0.15) is 5.54 Å². The van der Waals surface area contributed by atoms with Crippen LogP contribution in [-0.2, 0) is 15.1 Å². The monoisotopic (exact) mass is 278 g/mol. The highest BCUT2D eigenvalue weighted by Crippen LogP contribution is 2.17. The largest absolute Gasteiger partial charge is 0.481 e. The molecule has 0 spiro atoms. The van der Waals surface area contributed by atoms with E-state index in [1.54, 1.807) is 19.1 Å². The summed E-state index contributed by atoms with van der Waals surface area (Å²) in [6, 6.07) is 9.02. The molecule has 0 bridgehead atoms. The highest BCUT2D eigenvalue weighted by Gasteiger charge is 2.31. The number of carboxylic acids is 1. The van der Waals surface area contributed by atoms with Crippen molar-refractivity contribution in [1.29, 1.82) is 0 Å². The molecule has 0 fully saturated rings. The fourth-order valence-electron chi connectivity index (χ4n) is 1.98. The summed E-state index contributed by atoms with van der Waals surface area (Å²) in [6.45, 7) is 3.63. The first kappa shape index (κ1) is 16.2. The Balaban J connectivity index is 2.68. The van der Waals surface area contributed by atoms with Crippen LogP contribution in [0.2, 0.25) is 0 Å². The summed E-state index contributed by atoms with van der Waals surface area (Å²) in [5.41, 5.74) is 5.58. The molecule has 0 radical (unpaired) electrons. The summed E-state index contributed by atoms with van der Waals surface area (Å²) in [5.74, 6) is -1.84. The summed E-state index contributed by atoms with van der Waals surface area (Å²) in [4.78, 5) is 23.2. The first-order valence-corrected chi connectivity index (χ1v) is 6.75. The normalized spacial score (nSPS) is 15.2. The zero-order valence-corrected chi connectivity index (χ0v) is 11.9. The first-order chi connectivity index (χ1) is 9.39. The number of amides is 1. The number of benzene rings is 1. The number of aliphatic carboxylic acids is 1. The third-order valence-electron chi connectivity index (χ3n) is 3.34. The molecule has 4 N–H and O–H groups in total. The van der Waals surface area contributed by atoms with Gasteiger partial charge in [0.2, 0.25) is 5.91 Å². The standard InChI is InChI=1S/C15H22N2O3/c1-3-7-11(13(18)19)10-17-14(20)15(2,16)12-8-5-4-6-9-12/h4-6,8-9,11H,3,7,10,16H2,1-2H3,(H,17,20)(H,18,19). The Kier molecular flexibility index (Phi) is 5.70. The quantitative estimate of drug-likeness (QED) is 0.704. The zero-order chi connectivity index (χ0) is 15.2. The minimum atomic E-state index is -1.17. The second-order valence-corrected chi connectivity index (χ2v) is 5.10. The van der Waals surface area contributed by atoms with E-state index in [4.69, 9.17) is 10.8 Å². The zero-order valence-electron chi connectivity index (χ0n) is 11.9. The molecular weight excluding hydrogens is 256 g/mol. The maximum atomic E-state index is 12.2. The number of carbonyl (C=O) groups excluding carboxylic acids is 1. The van der Waals surface area contributed by atoms with Crippen molar-refractivity contribution in [3.8, 4) is 0 Å². The lowest BCUT2D eigenvalue weighted by atomic mass is 9.92. The molecule has 0 aliphatic rings. The molecule has 5 heteroatoms. The van der Waals surface area contributed by atoms with Crippen molar-refractivity contribution in [2.24, 2.45) is 11.7 Å². The molecule has 1 amide bonds. The van der Waals surface area contributed by atoms with Crippen LogP contribution in [0.15, 0.2) is 30.3 Å². The fraction of sp³-hybridized carbons (Fsp3) is 0.467. The Morgan fingerprint density at radius 1 is 1.35 bits per heavy atom. The highest BCUT2D eigenvalue weighted by molar-refractivity contribution is 5.87. The van der Waals surface area contributed by atoms with Crippen LogP contribution in [0.4, 0.5) is 0 Å². The average Bonchev–Trinajstić information content (AvgIpc) is 2.43. The number of carboxylic acid groups (broad SMARTS) is 1. The first-order valence-electron chi connectivity index (χ1n) is 6.75.